The average Bonchev–Trinajstić information content (AvgIpc) is 2.28. The maximum Gasteiger partial charge on any atom is 0.202 e. The molecule has 1 rings (SSSR count). The van der Waals surface area contributed by atoms with E-state index in [1.54, 1.807) is 0 Å². The fourth-order valence-corrected chi connectivity index (χ4v) is 2.48. The van der Waals surface area contributed by atoms with Crippen molar-refractivity contribution in [3.63, 3.8) is 0 Å². The molecule has 0 heterocycles. The van der Waals surface area contributed by atoms with Gasteiger partial charge < -0.3 is 4.52 Å². The first-order valence-electron chi connectivity index (χ1n) is 5.38. The largest absolute Gasteiger partial charge is 0.324 e. The zero-order chi connectivity index (χ0) is 11.3. The van der Waals surface area contributed by atoms with E-state index in [4.69, 9.17) is 4.52 Å². The van der Waals surface area contributed by atoms with Gasteiger partial charge in [0.25, 0.3) is 0 Å². The molecule has 84 valence electrons. The minimum atomic E-state index is -2.36. The fraction of sp³-hybridized carbons (Fsp3) is 0.500. The molecule has 0 aromatic heterocycles. The van der Waals surface area contributed by atoms with E-state index in [0.29, 0.717) is 18.9 Å². The molecule has 0 fully saturated rings. The van der Waals surface area contributed by atoms with Crippen molar-refractivity contribution in [2.75, 3.05) is 12.3 Å². The molecule has 0 saturated carbocycles. The van der Waals surface area contributed by atoms with Gasteiger partial charge in [0.2, 0.25) is 7.37 Å². The standard InChI is InChI=1S/C12H19O2P/c1-4-15(13,5-2)14-10-12-8-6-11(3)7-9-12/h6-9H,4-5,10H2,1-3H3. The summed E-state index contributed by atoms with van der Waals surface area (Å²) in [7, 11) is -2.36. The van der Waals surface area contributed by atoms with Gasteiger partial charge in [-0.3, -0.25) is 4.57 Å². The second-order valence-corrected chi connectivity index (χ2v) is 6.86. The third kappa shape index (κ3) is 3.81. The van der Waals surface area contributed by atoms with Gasteiger partial charge in [-0.25, -0.2) is 0 Å². The highest BCUT2D eigenvalue weighted by Crippen LogP contribution is 2.46. The second-order valence-electron chi connectivity index (χ2n) is 3.71. The van der Waals surface area contributed by atoms with Crippen LogP contribution in [0, 0.1) is 6.92 Å². The molecule has 3 heteroatoms. The van der Waals surface area contributed by atoms with Crippen molar-refractivity contribution in [3.8, 4) is 0 Å². The Hall–Kier alpha value is -0.590. The van der Waals surface area contributed by atoms with Crippen LogP contribution in [-0.2, 0) is 15.7 Å². The first-order valence-corrected chi connectivity index (χ1v) is 7.37. The number of hydrogen-bond acceptors (Lipinski definition) is 2. The Morgan fingerprint density at radius 2 is 1.67 bits per heavy atom. The van der Waals surface area contributed by atoms with Crippen molar-refractivity contribution in [1.82, 2.24) is 0 Å². The molecule has 0 bridgehead atoms. The lowest BCUT2D eigenvalue weighted by Crippen LogP contribution is -1.96. The molecule has 0 unspecified atom stereocenters. The van der Waals surface area contributed by atoms with Crippen LogP contribution in [0.15, 0.2) is 24.3 Å². The minimum Gasteiger partial charge on any atom is -0.324 e. The molecule has 0 atom stereocenters. The topological polar surface area (TPSA) is 26.3 Å². The monoisotopic (exact) mass is 226 g/mol. The van der Waals surface area contributed by atoms with E-state index >= 15 is 0 Å². The third-order valence-corrected chi connectivity index (χ3v) is 5.08. The van der Waals surface area contributed by atoms with Crippen molar-refractivity contribution in [2.24, 2.45) is 0 Å². The first kappa shape index (κ1) is 12.5. The molecule has 0 aliphatic carbocycles. The van der Waals surface area contributed by atoms with Gasteiger partial charge in [0.05, 0.1) is 6.61 Å². The van der Waals surface area contributed by atoms with Gasteiger partial charge in [-0.1, -0.05) is 43.7 Å². The van der Waals surface area contributed by atoms with Crippen molar-refractivity contribution in [1.29, 1.82) is 0 Å². The van der Waals surface area contributed by atoms with E-state index in [0.717, 1.165) is 5.56 Å². The molecule has 0 saturated heterocycles. The third-order valence-electron chi connectivity index (χ3n) is 2.55. The molecule has 0 amide bonds. The van der Waals surface area contributed by atoms with Gasteiger partial charge >= 0.3 is 0 Å². The average molecular weight is 226 g/mol. The Labute approximate surface area is 92.1 Å². The number of benzene rings is 1. The van der Waals surface area contributed by atoms with Crippen LogP contribution in [0.5, 0.6) is 0 Å². The Kier molecular flexibility index (Phi) is 4.56. The molecule has 1 aromatic rings. The van der Waals surface area contributed by atoms with E-state index in [1.165, 1.54) is 5.56 Å². The zero-order valence-electron chi connectivity index (χ0n) is 9.69. The van der Waals surface area contributed by atoms with Crippen LogP contribution < -0.4 is 0 Å². The summed E-state index contributed by atoms with van der Waals surface area (Å²) in [6.07, 6.45) is 1.24. The lowest BCUT2D eigenvalue weighted by atomic mass is 10.2. The predicted molar refractivity (Wildman–Crippen MR) is 64.7 cm³/mol. The molecule has 2 nitrogen and oxygen atoms in total. The van der Waals surface area contributed by atoms with Crippen LogP contribution in [0.25, 0.3) is 0 Å². The Bertz CT molecular complexity index is 335. The molecule has 0 aliphatic heterocycles. The summed E-state index contributed by atoms with van der Waals surface area (Å²) in [5, 5.41) is 0. The number of aryl methyl sites for hydroxylation is 1. The summed E-state index contributed by atoms with van der Waals surface area (Å²) in [6, 6.07) is 8.12. The van der Waals surface area contributed by atoms with Gasteiger partial charge in [-0.15, -0.1) is 0 Å². The highest BCUT2D eigenvalue weighted by atomic mass is 31.2. The quantitative estimate of drug-likeness (QED) is 0.713. The number of hydrogen-bond donors (Lipinski definition) is 0. The lowest BCUT2D eigenvalue weighted by Gasteiger charge is -2.14. The molecular weight excluding hydrogens is 207 g/mol. The normalized spacial score (nSPS) is 11.7. The first-order chi connectivity index (χ1) is 7.09. The van der Waals surface area contributed by atoms with Crippen LogP contribution in [0.2, 0.25) is 0 Å². The molecule has 0 aliphatic rings. The summed E-state index contributed by atoms with van der Waals surface area (Å²) in [5.41, 5.74) is 2.32. The highest BCUT2D eigenvalue weighted by Gasteiger charge is 2.17. The van der Waals surface area contributed by atoms with Gasteiger partial charge in [0.1, 0.15) is 0 Å². The summed E-state index contributed by atoms with van der Waals surface area (Å²) in [4.78, 5) is 0. The van der Waals surface area contributed by atoms with Crippen molar-refractivity contribution in [3.05, 3.63) is 35.4 Å². The maximum atomic E-state index is 12.0. The second kappa shape index (κ2) is 5.48. The lowest BCUT2D eigenvalue weighted by molar-refractivity contribution is 0.304. The van der Waals surface area contributed by atoms with Gasteiger partial charge in [-0.2, -0.15) is 0 Å². The van der Waals surface area contributed by atoms with Crippen LogP contribution in [0.1, 0.15) is 25.0 Å². The summed E-state index contributed by atoms with van der Waals surface area (Å²) in [5.74, 6) is 0. The SMILES string of the molecule is CCP(=O)(CC)OCc1ccc(C)cc1. The molecule has 0 N–H and O–H groups in total. The fourth-order valence-electron chi connectivity index (χ4n) is 1.28. The van der Waals surface area contributed by atoms with E-state index in [1.807, 2.05) is 45.0 Å². The Morgan fingerprint density at radius 3 is 2.13 bits per heavy atom. The van der Waals surface area contributed by atoms with E-state index in [-0.39, 0.29) is 0 Å². The summed E-state index contributed by atoms with van der Waals surface area (Å²) >= 11 is 0. The van der Waals surface area contributed by atoms with Crippen molar-refractivity contribution < 1.29 is 9.09 Å². The maximum absolute atomic E-state index is 12.0. The number of rotatable bonds is 5. The van der Waals surface area contributed by atoms with Crippen molar-refractivity contribution >= 4 is 7.37 Å². The molecular formula is C12H19O2P. The Morgan fingerprint density at radius 1 is 1.13 bits per heavy atom. The molecule has 15 heavy (non-hydrogen) atoms. The zero-order valence-corrected chi connectivity index (χ0v) is 10.6. The highest BCUT2D eigenvalue weighted by molar-refractivity contribution is 7.58. The van der Waals surface area contributed by atoms with E-state index < -0.39 is 7.37 Å². The Balaban J connectivity index is 2.57. The summed E-state index contributed by atoms with van der Waals surface area (Å²) in [6.45, 7) is 6.34. The smallest absolute Gasteiger partial charge is 0.202 e. The molecule has 1 aromatic carbocycles. The van der Waals surface area contributed by atoms with Crippen LogP contribution in [0.4, 0.5) is 0 Å². The van der Waals surface area contributed by atoms with Crippen LogP contribution >= 0.6 is 7.37 Å². The van der Waals surface area contributed by atoms with Crippen molar-refractivity contribution in [2.45, 2.75) is 27.4 Å². The molecule has 0 spiro atoms. The van der Waals surface area contributed by atoms with Gasteiger partial charge in [0.15, 0.2) is 0 Å². The van der Waals surface area contributed by atoms with E-state index in [2.05, 4.69) is 0 Å². The molecule has 0 radical (unpaired) electrons. The van der Waals surface area contributed by atoms with Crippen LogP contribution in [0.3, 0.4) is 0 Å². The minimum absolute atomic E-state index is 0.458. The van der Waals surface area contributed by atoms with Gasteiger partial charge in [-0.05, 0) is 12.5 Å². The van der Waals surface area contributed by atoms with Crippen LogP contribution in [-0.4, -0.2) is 12.3 Å². The van der Waals surface area contributed by atoms with E-state index in [9.17, 15) is 4.57 Å². The van der Waals surface area contributed by atoms with Gasteiger partial charge in [0, 0.05) is 12.3 Å². The predicted octanol–water partition coefficient (Wildman–Crippen LogP) is 3.83. The summed E-state index contributed by atoms with van der Waals surface area (Å²) < 4.78 is 17.5.